The molecule has 6 heteroatoms. The Balaban J connectivity index is 1.26. The Morgan fingerprint density at radius 2 is 2.03 bits per heavy atom. The summed E-state index contributed by atoms with van der Waals surface area (Å²) in [5.74, 6) is 0.303. The average molecular weight is 399 g/mol. The highest BCUT2D eigenvalue weighted by molar-refractivity contribution is 5.63. The number of fused-ring (bicyclic) bond motifs is 2. The number of aryl methyl sites for hydroxylation is 1. The van der Waals surface area contributed by atoms with E-state index in [0.717, 1.165) is 47.8 Å². The number of nitrogens with one attached hydrogen (secondary N) is 2. The summed E-state index contributed by atoms with van der Waals surface area (Å²) in [6.45, 7) is 5.72. The zero-order chi connectivity index (χ0) is 20.1. The van der Waals surface area contributed by atoms with E-state index in [9.17, 15) is 8.78 Å². The Morgan fingerprint density at radius 3 is 2.83 bits per heavy atom. The van der Waals surface area contributed by atoms with E-state index >= 15 is 0 Å². The van der Waals surface area contributed by atoms with Crippen LogP contribution in [0.2, 0.25) is 0 Å². The summed E-state index contributed by atoms with van der Waals surface area (Å²) >= 11 is 0. The van der Waals surface area contributed by atoms with E-state index in [-0.39, 0.29) is 17.7 Å². The zero-order valence-electron chi connectivity index (χ0n) is 17.0. The van der Waals surface area contributed by atoms with Crippen LogP contribution in [0.15, 0.2) is 30.3 Å². The van der Waals surface area contributed by atoms with Crippen molar-refractivity contribution in [2.24, 2.45) is 5.92 Å². The first-order chi connectivity index (χ1) is 14.0. The lowest BCUT2D eigenvalue weighted by Crippen LogP contribution is -2.32. The second kappa shape index (κ2) is 7.17. The predicted molar refractivity (Wildman–Crippen MR) is 114 cm³/mol. The number of anilines is 3. The molecule has 0 spiro atoms. The van der Waals surface area contributed by atoms with Gasteiger partial charge >= 0.3 is 0 Å². The fourth-order valence-corrected chi connectivity index (χ4v) is 5.25. The average Bonchev–Trinajstić information content (AvgIpc) is 3.39. The van der Waals surface area contributed by atoms with Crippen LogP contribution in [-0.4, -0.2) is 50.2 Å². The van der Waals surface area contributed by atoms with Crippen molar-refractivity contribution in [3.05, 3.63) is 53.1 Å². The molecule has 3 aliphatic heterocycles. The van der Waals surface area contributed by atoms with Gasteiger partial charge in [-0.25, -0.2) is 8.78 Å². The molecule has 2 saturated heterocycles. The zero-order valence-corrected chi connectivity index (χ0v) is 17.0. The van der Waals surface area contributed by atoms with E-state index in [1.807, 2.05) is 13.0 Å². The molecule has 2 aromatic rings. The van der Waals surface area contributed by atoms with Crippen LogP contribution < -0.4 is 15.5 Å². The molecule has 0 saturated carbocycles. The molecule has 1 unspecified atom stereocenters. The van der Waals surface area contributed by atoms with E-state index < -0.39 is 0 Å². The standard InChI is InChI=1S/C23H28F2N4/c1-14-3-4-21(25)20-10-18(27-23(14)20)11-26-17-7-16(24)8-19(9-17)29-12-15-5-6-28(2)22(15)13-29/h3-4,7-9,15,18,22,26-27H,5-6,10-13H2,1-2H3/t15-,18?,22+/m1/s1. The number of benzene rings is 2. The highest BCUT2D eigenvalue weighted by Gasteiger charge is 2.39. The third-order valence-electron chi connectivity index (χ3n) is 6.89. The van der Waals surface area contributed by atoms with Gasteiger partial charge in [-0.1, -0.05) is 6.07 Å². The number of rotatable bonds is 4. The third kappa shape index (κ3) is 3.44. The SMILES string of the molecule is Cc1ccc(F)c2c1NC(CNc1cc(F)cc(N3C[C@H]4CCN(C)[C@H]4C3)c1)C2. The van der Waals surface area contributed by atoms with Crippen LogP contribution in [0.3, 0.4) is 0 Å². The molecule has 0 amide bonds. The van der Waals surface area contributed by atoms with Gasteiger partial charge in [0.05, 0.1) is 0 Å². The van der Waals surface area contributed by atoms with Gasteiger partial charge < -0.3 is 20.4 Å². The lowest BCUT2D eigenvalue weighted by atomic mass is 10.1. The van der Waals surface area contributed by atoms with Crippen molar-refractivity contribution in [2.45, 2.75) is 31.8 Å². The Labute approximate surface area is 170 Å². The number of likely N-dealkylation sites (N-methyl/N-ethyl adjacent to an activating group) is 1. The van der Waals surface area contributed by atoms with Crippen molar-refractivity contribution in [2.75, 3.05) is 48.8 Å². The van der Waals surface area contributed by atoms with Crippen molar-refractivity contribution >= 4 is 17.1 Å². The first-order valence-corrected chi connectivity index (χ1v) is 10.5. The molecule has 3 aliphatic rings. The minimum atomic E-state index is -0.222. The Bertz CT molecular complexity index is 900. The Kier molecular flexibility index (Phi) is 4.62. The second-order valence-electron chi connectivity index (χ2n) is 8.84. The normalized spacial score (nSPS) is 25.8. The minimum absolute atomic E-state index is 0.0899. The van der Waals surface area contributed by atoms with E-state index in [0.29, 0.717) is 24.9 Å². The maximum Gasteiger partial charge on any atom is 0.128 e. The van der Waals surface area contributed by atoms with E-state index in [2.05, 4.69) is 27.5 Å². The molecule has 2 aromatic carbocycles. The largest absolute Gasteiger partial charge is 0.383 e. The number of nitrogens with zero attached hydrogens (tertiary/aromatic N) is 2. The van der Waals surface area contributed by atoms with Crippen LogP contribution in [-0.2, 0) is 6.42 Å². The molecule has 4 nitrogen and oxygen atoms in total. The van der Waals surface area contributed by atoms with Crippen LogP contribution in [0.4, 0.5) is 25.8 Å². The van der Waals surface area contributed by atoms with Gasteiger partial charge in [-0.2, -0.15) is 0 Å². The molecule has 29 heavy (non-hydrogen) atoms. The summed E-state index contributed by atoms with van der Waals surface area (Å²) in [4.78, 5) is 4.73. The quantitative estimate of drug-likeness (QED) is 0.819. The fourth-order valence-electron chi connectivity index (χ4n) is 5.25. The first kappa shape index (κ1) is 18.7. The molecule has 0 aliphatic carbocycles. The summed E-state index contributed by atoms with van der Waals surface area (Å²) in [5, 5.41) is 6.78. The van der Waals surface area contributed by atoms with Gasteiger partial charge in [0.2, 0.25) is 0 Å². The molecular weight excluding hydrogens is 370 g/mol. The topological polar surface area (TPSA) is 30.5 Å². The molecule has 154 valence electrons. The van der Waals surface area contributed by atoms with Gasteiger partial charge in [0.25, 0.3) is 0 Å². The summed E-state index contributed by atoms with van der Waals surface area (Å²) in [5.41, 5.74) is 4.44. The second-order valence-corrected chi connectivity index (χ2v) is 8.84. The summed E-state index contributed by atoms with van der Waals surface area (Å²) in [6, 6.07) is 9.22. The maximum absolute atomic E-state index is 14.3. The summed E-state index contributed by atoms with van der Waals surface area (Å²) in [7, 11) is 2.18. The molecule has 0 radical (unpaired) electrons. The van der Waals surface area contributed by atoms with Gasteiger partial charge in [0.1, 0.15) is 11.6 Å². The van der Waals surface area contributed by atoms with Gasteiger partial charge in [-0.3, -0.25) is 0 Å². The first-order valence-electron chi connectivity index (χ1n) is 10.5. The van der Waals surface area contributed by atoms with Crippen molar-refractivity contribution < 1.29 is 8.78 Å². The Hall–Kier alpha value is -2.34. The van der Waals surface area contributed by atoms with Gasteiger partial charge in [-0.05, 0) is 69.1 Å². The smallest absolute Gasteiger partial charge is 0.128 e. The van der Waals surface area contributed by atoms with Gasteiger partial charge in [0, 0.05) is 54.3 Å². The number of hydrogen-bond donors (Lipinski definition) is 2. The highest BCUT2D eigenvalue weighted by Crippen LogP contribution is 2.35. The fraction of sp³-hybridized carbons (Fsp3) is 0.478. The molecule has 2 fully saturated rings. The van der Waals surface area contributed by atoms with Crippen LogP contribution >= 0.6 is 0 Å². The summed E-state index contributed by atoms with van der Waals surface area (Å²) in [6.07, 6.45) is 1.86. The van der Waals surface area contributed by atoms with Gasteiger partial charge in [0.15, 0.2) is 0 Å². The third-order valence-corrected chi connectivity index (χ3v) is 6.89. The molecule has 3 heterocycles. The number of halogens is 2. The lowest BCUT2D eigenvalue weighted by Gasteiger charge is -2.23. The molecular formula is C23H28F2N4. The van der Waals surface area contributed by atoms with E-state index in [1.54, 1.807) is 18.2 Å². The van der Waals surface area contributed by atoms with Crippen molar-refractivity contribution in [3.63, 3.8) is 0 Å². The number of likely N-dealkylation sites (tertiary alicyclic amines) is 1. The molecule has 2 N–H and O–H groups in total. The van der Waals surface area contributed by atoms with Crippen LogP contribution in [0.25, 0.3) is 0 Å². The monoisotopic (exact) mass is 398 g/mol. The highest BCUT2D eigenvalue weighted by atomic mass is 19.1. The van der Waals surface area contributed by atoms with Crippen molar-refractivity contribution in [1.29, 1.82) is 0 Å². The van der Waals surface area contributed by atoms with Crippen molar-refractivity contribution in [3.8, 4) is 0 Å². The molecule has 0 bridgehead atoms. The number of hydrogen-bond acceptors (Lipinski definition) is 4. The van der Waals surface area contributed by atoms with Crippen LogP contribution in [0, 0.1) is 24.5 Å². The van der Waals surface area contributed by atoms with Gasteiger partial charge in [-0.15, -0.1) is 0 Å². The maximum atomic E-state index is 14.3. The minimum Gasteiger partial charge on any atom is -0.383 e. The Morgan fingerprint density at radius 1 is 1.17 bits per heavy atom. The van der Waals surface area contributed by atoms with Crippen LogP contribution in [0.1, 0.15) is 17.5 Å². The lowest BCUT2D eigenvalue weighted by molar-refractivity contribution is 0.310. The van der Waals surface area contributed by atoms with E-state index in [1.165, 1.54) is 12.5 Å². The van der Waals surface area contributed by atoms with Crippen LogP contribution in [0.5, 0.6) is 0 Å². The predicted octanol–water partition coefficient (Wildman–Crippen LogP) is 3.86. The molecule has 0 aromatic heterocycles. The molecule has 3 atom stereocenters. The summed E-state index contributed by atoms with van der Waals surface area (Å²) < 4.78 is 28.4. The van der Waals surface area contributed by atoms with Crippen molar-refractivity contribution in [1.82, 2.24) is 4.90 Å². The molecule has 5 rings (SSSR count). The van der Waals surface area contributed by atoms with E-state index in [4.69, 9.17) is 0 Å².